The molecule has 2 aromatic rings. The fourth-order valence-electron chi connectivity index (χ4n) is 2.93. The van der Waals surface area contributed by atoms with Gasteiger partial charge in [0.05, 0.1) is 5.56 Å². The molecule has 1 amide bonds. The van der Waals surface area contributed by atoms with Gasteiger partial charge in [-0.05, 0) is 31.2 Å². The number of halogens is 1. The standard InChI is InChI=1S/C18H20FNO3S/c1-13-12-24(22)11-10-20(13)18(21)9-7-14-6-8-17(23-14)15-4-2-3-5-16(15)19/h2-6,8,13H,7,9-12H2,1H3/t13-,24+/m1/s1. The van der Waals surface area contributed by atoms with Crippen molar-refractivity contribution in [3.63, 3.8) is 0 Å². The fraction of sp³-hybridized carbons (Fsp3) is 0.389. The third-order valence-corrected chi connectivity index (χ3v) is 5.72. The highest BCUT2D eigenvalue weighted by Crippen LogP contribution is 2.25. The van der Waals surface area contributed by atoms with E-state index in [2.05, 4.69) is 0 Å². The molecule has 3 rings (SSSR count). The average molecular weight is 349 g/mol. The molecule has 1 fully saturated rings. The largest absolute Gasteiger partial charge is 0.461 e. The number of carbonyl (C=O) groups is 1. The molecule has 0 spiro atoms. The number of carbonyl (C=O) groups excluding carboxylic acids is 1. The van der Waals surface area contributed by atoms with Gasteiger partial charge in [-0.2, -0.15) is 0 Å². The molecular formula is C18H20FNO3S. The Morgan fingerprint density at radius 2 is 2.12 bits per heavy atom. The summed E-state index contributed by atoms with van der Waals surface area (Å²) in [6.07, 6.45) is 0.806. The van der Waals surface area contributed by atoms with Crippen molar-refractivity contribution in [2.24, 2.45) is 0 Å². The lowest BCUT2D eigenvalue weighted by Gasteiger charge is -2.32. The predicted molar refractivity (Wildman–Crippen MR) is 91.5 cm³/mol. The molecule has 24 heavy (non-hydrogen) atoms. The molecule has 1 aromatic heterocycles. The Kier molecular flexibility index (Phi) is 5.14. The van der Waals surface area contributed by atoms with Crippen LogP contribution in [0.2, 0.25) is 0 Å². The van der Waals surface area contributed by atoms with Gasteiger partial charge in [0.25, 0.3) is 0 Å². The van der Waals surface area contributed by atoms with Crippen LogP contribution in [0.3, 0.4) is 0 Å². The van der Waals surface area contributed by atoms with Crippen molar-refractivity contribution >= 4 is 16.7 Å². The van der Waals surface area contributed by atoms with Crippen molar-refractivity contribution in [1.29, 1.82) is 0 Å². The summed E-state index contributed by atoms with van der Waals surface area (Å²) in [6, 6.07) is 9.97. The van der Waals surface area contributed by atoms with Crippen LogP contribution >= 0.6 is 0 Å². The summed E-state index contributed by atoms with van der Waals surface area (Å²) in [7, 11) is -0.816. The van der Waals surface area contributed by atoms with Crippen LogP contribution in [0.25, 0.3) is 11.3 Å². The van der Waals surface area contributed by atoms with Gasteiger partial charge in [0.15, 0.2) is 0 Å². The van der Waals surface area contributed by atoms with E-state index in [1.807, 2.05) is 6.92 Å². The van der Waals surface area contributed by atoms with Crippen LogP contribution in [0.15, 0.2) is 40.8 Å². The molecule has 1 aliphatic heterocycles. The summed E-state index contributed by atoms with van der Waals surface area (Å²) in [6.45, 7) is 2.48. The zero-order chi connectivity index (χ0) is 17.1. The molecule has 4 nitrogen and oxygen atoms in total. The number of amides is 1. The van der Waals surface area contributed by atoms with Crippen molar-refractivity contribution in [2.45, 2.75) is 25.8 Å². The lowest BCUT2D eigenvalue weighted by molar-refractivity contribution is -0.132. The minimum Gasteiger partial charge on any atom is -0.461 e. The van der Waals surface area contributed by atoms with E-state index in [-0.39, 0.29) is 17.8 Å². The van der Waals surface area contributed by atoms with Gasteiger partial charge in [0.2, 0.25) is 5.91 Å². The molecule has 1 aliphatic rings. The third-order valence-electron chi connectivity index (χ3n) is 4.23. The summed E-state index contributed by atoms with van der Waals surface area (Å²) in [5.41, 5.74) is 0.419. The van der Waals surface area contributed by atoms with E-state index in [1.165, 1.54) is 6.07 Å². The highest BCUT2D eigenvalue weighted by Gasteiger charge is 2.26. The van der Waals surface area contributed by atoms with E-state index in [4.69, 9.17) is 4.42 Å². The first-order valence-electron chi connectivity index (χ1n) is 8.02. The maximum atomic E-state index is 13.8. The summed E-state index contributed by atoms with van der Waals surface area (Å²) < 4.78 is 31.0. The first kappa shape index (κ1) is 16.9. The maximum absolute atomic E-state index is 13.8. The van der Waals surface area contributed by atoms with Gasteiger partial charge in [-0.25, -0.2) is 4.39 Å². The third kappa shape index (κ3) is 3.75. The number of benzene rings is 1. The van der Waals surface area contributed by atoms with Crippen LogP contribution in [-0.4, -0.2) is 39.1 Å². The summed E-state index contributed by atoms with van der Waals surface area (Å²) in [5.74, 6) is 1.94. The summed E-state index contributed by atoms with van der Waals surface area (Å²) >= 11 is 0. The van der Waals surface area contributed by atoms with E-state index in [0.717, 1.165) is 0 Å². The van der Waals surface area contributed by atoms with E-state index < -0.39 is 10.8 Å². The van der Waals surface area contributed by atoms with Gasteiger partial charge in [-0.15, -0.1) is 0 Å². The lowest BCUT2D eigenvalue weighted by atomic mass is 10.1. The maximum Gasteiger partial charge on any atom is 0.223 e. The zero-order valence-corrected chi connectivity index (χ0v) is 14.4. The Labute approximate surface area is 143 Å². The Bertz CT molecular complexity index is 758. The number of hydrogen-bond acceptors (Lipinski definition) is 3. The number of hydrogen-bond donors (Lipinski definition) is 0. The van der Waals surface area contributed by atoms with Gasteiger partial charge in [-0.3, -0.25) is 9.00 Å². The predicted octanol–water partition coefficient (Wildman–Crippen LogP) is 3.00. The second kappa shape index (κ2) is 7.30. The molecule has 1 saturated heterocycles. The Balaban J connectivity index is 1.60. The fourth-order valence-corrected chi connectivity index (χ4v) is 4.21. The highest BCUT2D eigenvalue weighted by molar-refractivity contribution is 7.85. The Hall–Kier alpha value is -1.95. The van der Waals surface area contributed by atoms with Crippen LogP contribution in [0.4, 0.5) is 4.39 Å². The van der Waals surface area contributed by atoms with Crippen molar-refractivity contribution in [2.75, 3.05) is 18.1 Å². The molecule has 0 saturated carbocycles. The normalized spacial score (nSPS) is 21.0. The van der Waals surface area contributed by atoms with Crippen LogP contribution in [-0.2, 0) is 22.0 Å². The summed E-state index contributed by atoms with van der Waals surface area (Å²) in [4.78, 5) is 14.1. The van der Waals surface area contributed by atoms with Gasteiger partial charge in [0, 0.05) is 47.7 Å². The van der Waals surface area contributed by atoms with Gasteiger partial charge < -0.3 is 9.32 Å². The van der Waals surface area contributed by atoms with Crippen molar-refractivity contribution in [3.05, 3.63) is 48.0 Å². The second-order valence-electron chi connectivity index (χ2n) is 5.99. The number of rotatable bonds is 4. The molecule has 128 valence electrons. The monoisotopic (exact) mass is 349 g/mol. The topological polar surface area (TPSA) is 50.5 Å². The van der Waals surface area contributed by atoms with Crippen LogP contribution in [0, 0.1) is 5.82 Å². The average Bonchev–Trinajstić information content (AvgIpc) is 3.02. The Morgan fingerprint density at radius 1 is 1.33 bits per heavy atom. The van der Waals surface area contributed by atoms with Crippen molar-refractivity contribution in [1.82, 2.24) is 4.90 Å². The molecule has 6 heteroatoms. The first-order valence-corrected chi connectivity index (χ1v) is 9.51. The van der Waals surface area contributed by atoms with E-state index in [0.29, 0.717) is 48.0 Å². The lowest BCUT2D eigenvalue weighted by Crippen LogP contribution is -2.48. The minimum atomic E-state index is -0.816. The SMILES string of the molecule is C[C@@H]1C[S@@](=O)CCN1C(=O)CCc1ccc(-c2ccccc2F)o1. The molecule has 0 bridgehead atoms. The van der Waals surface area contributed by atoms with Crippen LogP contribution in [0.5, 0.6) is 0 Å². The molecule has 2 heterocycles. The highest BCUT2D eigenvalue weighted by atomic mass is 32.2. The molecule has 0 aliphatic carbocycles. The second-order valence-corrected chi connectivity index (χ2v) is 7.61. The molecular weight excluding hydrogens is 329 g/mol. The van der Waals surface area contributed by atoms with Crippen molar-refractivity contribution < 1.29 is 17.8 Å². The van der Waals surface area contributed by atoms with Crippen LogP contribution in [0.1, 0.15) is 19.1 Å². The number of furan rings is 1. The molecule has 0 N–H and O–H groups in total. The number of aryl methyl sites for hydroxylation is 1. The van der Waals surface area contributed by atoms with Crippen LogP contribution < -0.4 is 0 Å². The molecule has 0 unspecified atom stereocenters. The Morgan fingerprint density at radius 3 is 2.88 bits per heavy atom. The molecule has 1 aromatic carbocycles. The quantitative estimate of drug-likeness (QED) is 0.853. The summed E-state index contributed by atoms with van der Waals surface area (Å²) in [5, 5.41) is 0. The zero-order valence-electron chi connectivity index (χ0n) is 13.5. The van der Waals surface area contributed by atoms with Gasteiger partial charge >= 0.3 is 0 Å². The van der Waals surface area contributed by atoms with E-state index >= 15 is 0 Å². The van der Waals surface area contributed by atoms with Gasteiger partial charge in [0.1, 0.15) is 17.3 Å². The number of nitrogens with zero attached hydrogens (tertiary/aromatic N) is 1. The molecule has 0 radical (unpaired) electrons. The smallest absolute Gasteiger partial charge is 0.223 e. The minimum absolute atomic E-state index is 0.0117. The molecule has 2 atom stereocenters. The van der Waals surface area contributed by atoms with E-state index in [1.54, 1.807) is 35.2 Å². The first-order chi connectivity index (χ1) is 11.5. The van der Waals surface area contributed by atoms with Crippen molar-refractivity contribution in [3.8, 4) is 11.3 Å². The van der Waals surface area contributed by atoms with Gasteiger partial charge in [-0.1, -0.05) is 12.1 Å². The van der Waals surface area contributed by atoms with E-state index in [9.17, 15) is 13.4 Å².